The number of ether oxygens (including phenoxy) is 1. The molecule has 2 amide bonds. The largest absolute Gasteiger partial charge is 0.381 e. The van der Waals surface area contributed by atoms with E-state index in [1.54, 1.807) is 13.0 Å². The van der Waals surface area contributed by atoms with Crippen LogP contribution in [0.15, 0.2) is 66.7 Å². The Morgan fingerprint density at radius 3 is 2.39 bits per heavy atom. The molecule has 0 radical (unpaired) electrons. The first kappa shape index (κ1) is 21.4. The Bertz CT molecular complexity index is 745. The van der Waals surface area contributed by atoms with Gasteiger partial charge in [0.2, 0.25) is 11.8 Å². The highest BCUT2D eigenvalue weighted by Crippen LogP contribution is 2.01. The van der Waals surface area contributed by atoms with Crippen LogP contribution in [0, 0.1) is 0 Å². The Hall–Kier alpha value is -2.92. The summed E-state index contributed by atoms with van der Waals surface area (Å²) in [4.78, 5) is 23.9. The highest BCUT2D eigenvalue weighted by atomic mass is 16.5. The van der Waals surface area contributed by atoms with Gasteiger partial charge in [0.25, 0.3) is 0 Å². The lowest BCUT2D eigenvalue weighted by Gasteiger charge is -2.13. The van der Waals surface area contributed by atoms with Crippen molar-refractivity contribution < 1.29 is 14.3 Å². The molecule has 2 aromatic rings. The Balaban J connectivity index is 1.54. The fraction of sp³-hybridized carbons (Fsp3) is 0.304. The Labute approximate surface area is 166 Å². The van der Waals surface area contributed by atoms with Crippen molar-refractivity contribution in [2.24, 2.45) is 0 Å². The normalized spacial score (nSPS) is 11.9. The van der Waals surface area contributed by atoms with Gasteiger partial charge >= 0.3 is 0 Å². The molecule has 0 saturated carbocycles. The second-order valence-electron chi connectivity index (χ2n) is 6.47. The van der Waals surface area contributed by atoms with Crippen LogP contribution in [0.3, 0.4) is 0 Å². The maximum Gasteiger partial charge on any atom is 0.244 e. The molecule has 1 atom stereocenters. The molecule has 0 aliphatic rings. The number of benzene rings is 2. The van der Waals surface area contributed by atoms with Crippen molar-refractivity contribution in [3.63, 3.8) is 0 Å². The molecule has 1 unspecified atom stereocenters. The van der Waals surface area contributed by atoms with Gasteiger partial charge in [0.1, 0.15) is 6.04 Å². The van der Waals surface area contributed by atoms with Crippen LogP contribution in [-0.4, -0.2) is 37.6 Å². The average Bonchev–Trinajstić information content (AvgIpc) is 2.73. The third-order valence-corrected chi connectivity index (χ3v) is 4.12. The monoisotopic (exact) mass is 380 g/mol. The highest BCUT2D eigenvalue weighted by Gasteiger charge is 2.13. The minimum atomic E-state index is -0.591. The van der Waals surface area contributed by atoms with Gasteiger partial charge in [-0.2, -0.15) is 0 Å². The molecule has 0 spiro atoms. The standard InChI is InChI=1S/C23H28N2O3/c1-19(25-22(26)14-13-20-9-4-2-5-10-20)23(27)24-16-8-17-28-18-15-21-11-6-3-7-12-21/h2-7,9-14,19H,8,15-18H2,1H3,(H,24,27)(H,25,26). The predicted molar refractivity (Wildman–Crippen MR) is 112 cm³/mol. The zero-order chi connectivity index (χ0) is 20.0. The average molecular weight is 380 g/mol. The van der Waals surface area contributed by atoms with Crippen LogP contribution < -0.4 is 10.6 Å². The third kappa shape index (κ3) is 8.64. The first-order valence-corrected chi connectivity index (χ1v) is 9.58. The number of carbonyl (C=O) groups is 2. The second-order valence-corrected chi connectivity index (χ2v) is 6.47. The van der Waals surface area contributed by atoms with Crippen LogP contribution in [0.25, 0.3) is 6.08 Å². The molecule has 0 aliphatic heterocycles. The van der Waals surface area contributed by atoms with Gasteiger partial charge in [0, 0.05) is 19.2 Å². The second kappa shape index (κ2) is 12.5. The van der Waals surface area contributed by atoms with Crippen molar-refractivity contribution in [3.8, 4) is 0 Å². The van der Waals surface area contributed by atoms with Crippen molar-refractivity contribution in [3.05, 3.63) is 77.9 Å². The lowest BCUT2D eigenvalue weighted by molar-refractivity contribution is -0.126. The van der Waals surface area contributed by atoms with E-state index >= 15 is 0 Å². The van der Waals surface area contributed by atoms with Gasteiger partial charge < -0.3 is 15.4 Å². The summed E-state index contributed by atoms with van der Waals surface area (Å²) in [5.41, 5.74) is 2.18. The zero-order valence-electron chi connectivity index (χ0n) is 16.3. The first-order chi connectivity index (χ1) is 13.6. The van der Waals surface area contributed by atoms with Crippen LogP contribution in [0.4, 0.5) is 0 Å². The number of hydrogen-bond acceptors (Lipinski definition) is 3. The lowest BCUT2D eigenvalue weighted by Crippen LogP contribution is -2.44. The summed E-state index contributed by atoms with van der Waals surface area (Å²) in [5.74, 6) is -0.499. The fourth-order valence-electron chi connectivity index (χ4n) is 2.54. The lowest BCUT2D eigenvalue weighted by atomic mass is 10.2. The van der Waals surface area contributed by atoms with Gasteiger partial charge in [-0.1, -0.05) is 60.7 Å². The van der Waals surface area contributed by atoms with Crippen LogP contribution in [0.2, 0.25) is 0 Å². The van der Waals surface area contributed by atoms with Gasteiger partial charge in [-0.05, 0) is 37.0 Å². The van der Waals surface area contributed by atoms with Crippen molar-refractivity contribution in [2.45, 2.75) is 25.8 Å². The molecule has 5 nitrogen and oxygen atoms in total. The Morgan fingerprint density at radius 2 is 1.68 bits per heavy atom. The van der Waals surface area contributed by atoms with E-state index in [0.29, 0.717) is 19.8 Å². The molecule has 2 rings (SSSR count). The number of nitrogens with one attached hydrogen (secondary N) is 2. The molecule has 0 heterocycles. The summed E-state index contributed by atoms with van der Waals surface area (Å²) >= 11 is 0. The molecular weight excluding hydrogens is 352 g/mol. The Morgan fingerprint density at radius 1 is 1.00 bits per heavy atom. The van der Waals surface area contributed by atoms with Crippen LogP contribution >= 0.6 is 0 Å². The molecule has 2 N–H and O–H groups in total. The topological polar surface area (TPSA) is 67.4 Å². The van der Waals surface area contributed by atoms with Crippen LogP contribution in [0.1, 0.15) is 24.5 Å². The van der Waals surface area contributed by atoms with Gasteiger partial charge in [-0.25, -0.2) is 0 Å². The third-order valence-electron chi connectivity index (χ3n) is 4.12. The van der Waals surface area contributed by atoms with Gasteiger partial charge in [0.15, 0.2) is 0 Å². The van der Waals surface area contributed by atoms with E-state index in [9.17, 15) is 9.59 Å². The highest BCUT2D eigenvalue weighted by molar-refractivity contribution is 5.95. The smallest absolute Gasteiger partial charge is 0.244 e. The van der Waals surface area contributed by atoms with Gasteiger partial charge in [-0.15, -0.1) is 0 Å². The summed E-state index contributed by atoms with van der Waals surface area (Å²) in [6.07, 6.45) is 4.76. The maximum absolute atomic E-state index is 12.0. The fourth-order valence-corrected chi connectivity index (χ4v) is 2.54. The van der Waals surface area contributed by atoms with Crippen molar-refractivity contribution in [1.29, 1.82) is 0 Å². The van der Waals surface area contributed by atoms with E-state index < -0.39 is 6.04 Å². The van der Waals surface area contributed by atoms with Crippen molar-refractivity contribution >= 4 is 17.9 Å². The molecule has 148 valence electrons. The number of hydrogen-bond donors (Lipinski definition) is 2. The molecule has 0 aromatic heterocycles. The van der Waals surface area contributed by atoms with E-state index in [4.69, 9.17) is 4.74 Å². The van der Waals surface area contributed by atoms with Gasteiger partial charge in [0.05, 0.1) is 6.61 Å². The van der Waals surface area contributed by atoms with E-state index in [1.807, 2.05) is 48.5 Å². The molecule has 0 aliphatic carbocycles. The van der Waals surface area contributed by atoms with E-state index in [2.05, 4.69) is 22.8 Å². The van der Waals surface area contributed by atoms with E-state index in [0.717, 1.165) is 18.4 Å². The number of rotatable bonds is 11. The SMILES string of the molecule is CC(NC(=O)C=Cc1ccccc1)C(=O)NCCCOCCc1ccccc1. The van der Waals surface area contributed by atoms with E-state index in [-0.39, 0.29) is 11.8 Å². The summed E-state index contributed by atoms with van der Waals surface area (Å²) in [6, 6.07) is 19.1. The van der Waals surface area contributed by atoms with Crippen LogP contribution in [-0.2, 0) is 20.7 Å². The van der Waals surface area contributed by atoms with Crippen molar-refractivity contribution in [2.75, 3.05) is 19.8 Å². The maximum atomic E-state index is 12.0. The number of carbonyl (C=O) groups excluding carboxylic acids is 2. The summed E-state index contributed by atoms with van der Waals surface area (Å²) in [5, 5.41) is 5.47. The zero-order valence-corrected chi connectivity index (χ0v) is 16.3. The summed E-state index contributed by atoms with van der Waals surface area (Å²) in [6.45, 7) is 3.44. The molecule has 28 heavy (non-hydrogen) atoms. The summed E-state index contributed by atoms with van der Waals surface area (Å²) < 4.78 is 5.59. The molecule has 2 aromatic carbocycles. The van der Waals surface area contributed by atoms with Crippen molar-refractivity contribution in [1.82, 2.24) is 10.6 Å². The van der Waals surface area contributed by atoms with Gasteiger partial charge in [-0.3, -0.25) is 9.59 Å². The molecule has 0 saturated heterocycles. The van der Waals surface area contributed by atoms with Crippen LogP contribution in [0.5, 0.6) is 0 Å². The quantitative estimate of drug-likeness (QED) is 0.465. The minimum Gasteiger partial charge on any atom is -0.381 e. The minimum absolute atomic E-state index is 0.203. The predicted octanol–water partition coefficient (Wildman–Crippen LogP) is 2.97. The Kier molecular flexibility index (Phi) is 9.52. The molecule has 5 heteroatoms. The first-order valence-electron chi connectivity index (χ1n) is 9.58. The molecular formula is C23H28N2O3. The van der Waals surface area contributed by atoms with E-state index in [1.165, 1.54) is 11.6 Å². The molecule has 0 bridgehead atoms. The summed E-state index contributed by atoms with van der Waals surface area (Å²) in [7, 11) is 0. The number of amides is 2. The molecule has 0 fully saturated rings.